The Bertz CT molecular complexity index is 1070. The van der Waals surface area contributed by atoms with Crippen LogP contribution in [0.25, 0.3) is 0 Å². The zero-order chi connectivity index (χ0) is 22.5. The fourth-order valence-corrected chi connectivity index (χ4v) is 3.98. The molecule has 2 unspecified atom stereocenters. The van der Waals surface area contributed by atoms with Crippen molar-refractivity contribution in [1.29, 1.82) is 0 Å². The van der Waals surface area contributed by atoms with Gasteiger partial charge in [-0.1, -0.05) is 42.5 Å². The van der Waals surface area contributed by atoms with Crippen LogP contribution in [0.2, 0.25) is 0 Å². The van der Waals surface area contributed by atoms with Crippen molar-refractivity contribution in [2.24, 2.45) is 5.92 Å². The summed E-state index contributed by atoms with van der Waals surface area (Å²) in [5.41, 5.74) is 2.63. The summed E-state index contributed by atoms with van der Waals surface area (Å²) in [6, 6.07) is 23.1. The molecule has 1 aliphatic rings. The third-order valence-corrected chi connectivity index (χ3v) is 5.68. The van der Waals surface area contributed by atoms with Crippen molar-refractivity contribution in [3.63, 3.8) is 0 Å². The normalized spacial score (nSPS) is 17.6. The molecule has 2 atom stereocenters. The van der Waals surface area contributed by atoms with Crippen LogP contribution < -0.4 is 9.64 Å². The Balaban J connectivity index is 1.52. The van der Waals surface area contributed by atoms with Crippen LogP contribution in [-0.4, -0.2) is 19.0 Å². The van der Waals surface area contributed by atoms with Gasteiger partial charge in [-0.25, -0.2) is 4.39 Å². The van der Waals surface area contributed by atoms with Crippen LogP contribution in [-0.2, 0) is 20.9 Å². The van der Waals surface area contributed by atoms with Gasteiger partial charge in [-0.15, -0.1) is 0 Å². The maximum absolute atomic E-state index is 13.4. The van der Waals surface area contributed by atoms with E-state index in [4.69, 9.17) is 9.47 Å². The van der Waals surface area contributed by atoms with Crippen LogP contribution >= 0.6 is 0 Å². The Morgan fingerprint density at radius 3 is 2.31 bits per heavy atom. The molecule has 1 saturated heterocycles. The van der Waals surface area contributed by atoms with Crippen molar-refractivity contribution in [1.82, 2.24) is 0 Å². The van der Waals surface area contributed by atoms with Gasteiger partial charge in [0.15, 0.2) is 0 Å². The average Bonchev–Trinajstić information content (AvgIpc) is 2.83. The largest absolute Gasteiger partial charge is 0.489 e. The summed E-state index contributed by atoms with van der Waals surface area (Å²) in [5, 5.41) is 0. The predicted octanol–water partition coefficient (Wildman–Crippen LogP) is 5.06. The van der Waals surface area contributed by atoms with Crippen LogP contribution in [0.4, 0.5) is 10.1 Å². The molecule has 0 spiro atoms. The Morgan fingerprint density at radius 2 is 1.66 bits per heavy atom. The summed E-state index contributed by atoms with van der Waals surface area (Å²) in [6.45, 7) is 0.464. The SMILES string of the molecule is COC(=O)CCC1C(=O)N(c2ccc(F)cc2)C1c1ccc(OCc2ccccc2)cc1. The third-order valence-electron chi connectivity index (χ3n) is 5.68. The number of carbonyl (C=O) groups is 2. The Labute approximate surface area is 186 Å². The lowest BCUT2D eigenvalue weighted by Gasteiger charge is -2.47. The van der Waals surface area contributed by atoms with Crippen molar-refractivity contribution in [2.75, 3.05) is 12.0 Å². The number of benzene rings is 3. The molecule has 5 nitrogen and oxygen atoms in total. The number of ether oxygens (including phenoxy) is 2. The van der Waals surface area contributed by atoms with E-state index >= 15 is 0 Å². The van der Waals surface area contributed by atoms with Gasteiger partial charge in [0.1, 0.15) is 18.2 Å². The van der Waals surface area contributed by atoms with E-state index in [0.717, 1.165) is 16.9 Å². The molecular formula is C26H24FNO4. The quantitative estimate of drug-likeness (QED) is 0.368. The minimum Gasteiger partial charge on any atom is -0.489 e. The highest BCUT2D eigenvalue weighted by molar-refractivity contribution is 6.03. The number of amides is 1. The minimum absolute atomic E-state index is 0.0880. The number of halogens is 1. The number of esters is 1. The lowest BCUT2D eigenvalue weighted by molar-refractivity contribution is -0.141. The Hall–Kier alpha value is -3.67. The zero-order valence-electron chi connectivity index (χ0n) is 17.7. The van der Waals surface area contributed by atoms with Gasteiger partial charge >= 0.3 is 5.97 Å². The van der Waals surface area contributed by atoms with Gasteiger partial charge < -0.3 is 14.4 Å². The molecule has 32 heavy (non-hydrogen) atoms. The van der Waals surface area contributed by atoms with Crippen LogP contribution in [0.3, 0.4) is 0 Å². The van der Waals surface area contributed by atoms with Gasteiger partial charge in [-0.2, -0.15) is 0 Å². The standard InChI is InChI=1S/C26H24FNO4/c1-31-24(29)16-15-23-25(28(26(23)30)21-11-9-20(27)10-12-21)19-7-13-22(14-8-19)32-17-18-5-3-2-4-6-18/h2-14,23,25H,15-17H2,1H3. The van der Waals surface area contributed by atoms with Crippen molar-refractivity contribution in [3.8, 4) is 5.75 Å². The first-order valence-corrected chi connectivity index (χ1v) is 10.5. The number of rotatable bonds is 8. The molecule has 0 saturated carbocycles. The molecule has 0 bridgehead atoms. The molecule has 3 aromatic rings. The van der Waals surface area contributed by atoms with Gasteiger partial charge in [0.05, 0.1) is 19.1 Å². The second kappa shape index (κ2) is 9.64. The molecule has 0 aliphatic carbocycles. The highest BCUT2D eigenvalue weighted by atomic mass is 19.1. The van der Waals surface area contributed by atoms with Crippen LogP contribution in [0, 0.1) is 11.7 Å². The molecule has 0 N–H and O–H groups in total. The molecule has 1 amide bonds. The van der Waals surface area contributed by atoms with E-state index < -0.39 is 0 Å². The monoisotopic (exact) mass is 433 g/mol. The van der Waals surface area contributed by atoms with Crippen molar-refractivity contribution in [2.45, 2.75) is 25.5 Å². The number of nitrogens with zero attached hydrogens (tertiary/aromatic N) is 1. The third kappa shape index (κ3) is 4.64. The van der Waals surface area contributed by atoms with Gasteiger partial charge in [0.2, 0.25) is 5.91 Å². The molecule has 0 aromatic heterocycles. The van der Waals surface area contributed by atoms with E-state index in [1.807, 2.05) is 54.6 Å². The van der Waals surface area contributed by atoms with Crippen molar-refractivity contribution >= 4 is 17.6 Å². The van der Waals surface area contributed by atoms with Gasteiger partial charge in [0.25, 0.3) is 0 Å². The molecule has 4 rings (SSSR count). The maximum Gasteiger partial charge on any atom is 0.305 e. The van der Waals surface area contributed by atoms with Gasteiger partial charge in [0, 0.05) is 12.1 Å². The summed E-state index contributed by atoms with van der Waals surface area (Å²) < 4.78 is 24.0. The van der Waals surface area contributed by atoms with Crippen molar-refractivity contribution in [3.05, 3.63) is 95.8 Å². The van der Waals surface area contributed by atoms with E-state index in [-0.39, 0.29) is 36.1 Å². The molecule has 1 fully saturated rings. The first-order chi connectivity index (χ1) is 15.6. The molecule has 6 heteroatoms. The van der Waals surface area contributed by atoms with E-state index in [0.29, 0.717) is 18.7 Å². The lowest BCUT2D eigenvalue weighted by atomic mass is 9.79. The van der Waals surface area contributed by atoms with Crippen LogP contribution in [0.1, 0.15) is 30.0 Å². The van der Waals surface area contributed by atoms with E-state index in [9.17, 15) is 14.0 Å². The van der Waals surface area contributed by atoms with E-state index in [1.165, 1.54) is 19.2 Å². The topological polar surface area (TPSA) is 55.8 Å². The summed E-state index contributed by atoms with van der Waals surface area (Å²) in [4.78, 5) is 26.2. The molecule has 0 radical (unpaired) electrons. The predicted molar refractivity (Wildman–Crippen MR) is 119 cm³/mol. The van der Waals surface area contributed by atoms with Crippen LogP contribution in [0.5, 0.6) is 5.75 Å². The van der Waals surface area contributed by atoms with Crippen molar-refractivity contribution < 1.29 is 23.5 Å². The number of hydrogen-bond donors (Lipinski definition) is 0. The smallest absolute Gasteiger partial charge is 0.305 e. The van der Waals surface area contributed by atoms with Crippen LogP contribution in [0.15, 0.2) is 78.9 Å². The second-order valence-corrected chi connectivity index (χ2v) is 7.69. The van der Waals surface area contributed by atoms with E-state index in [1.54, 1.807) is 17.0 Å². The highest BCUT2D eigenvalue weighted by Crippen LogP contribution is 2.45. The molecule has 1 aliphatic heterocycles. The van der Waals surface area contributed by atoms with E-state index in [2.05, 4.69) is 0 Å². The first-order valence-electron chi connectivity index (χ1n) is 10.5. The Morgan fingerprint density at radius 1 is 0.969 bits per heavy atom. The lowest BCUT2D eigenvalue weighted by Crippen LogP contribution is -2.55. The fraction of sp³-hybridized carbons (Fsp3) is 0.231. The average molecular weight is 433 g/mol. The summed E-state index contributed by atoms with van der Waals surface area (Å²) >= 11 is 0. The minimum atomic E-state index is -0.361. The number of β-lactam (4-membered cyclic amide) rings is 1. The Kier molecular flexibility index (Phi) is 6.50. The maximum atomic E-state index is 13.4. The number of hydrogen-bond acceptors (Lipinski definition) is 4. The number of anilines is 1. The second-order valence-electron chi connectivity index (χ2n) is 7.69. The fourth-order valence-electron chi connectivity index (χ4n) is 3.98. The molecular weight excluding hydrogens is 409 g/mol. The number of methoxy groups -OCH3 is 1. The summed E-state index contributed by atoms with van der Waals surface area (Å²) in [7, 11) is 1.33. The molecule has 164 valence electrons. The highest BCUT2D eigenvalue weighted by Gasteiger charge is 2.48. The summed E-state index contributed by atoms with van der Waals surface area (Å²) in [5.74, 6) is -0.422. The summed E-state index contributed by atoms with van der Waals surface area (Å²) in [6.07, 6.45) is 0.555. The van der Waals surface area contributed by atoms with Gasteiger partial charge in [-0.3, -0.25) is 9.59 Å². The number of carbonyl (C=O) groups excluding carboxylic acids is 2. The first kappa shape index (κ1) is 21.6. The molecule has 3 aromatic carbocycles. The molecule has 1 heterocycles. The zero-order valence-corrected chi connectivity index (χ0v) is 17.7. The van der Waals surface area contributed by atoms with Gasteiger partial charge in [-0.05, 0) is 53.9 Å².